The molecule has 6 rings (SSSR count). The van der Waals surface area contributed by atoms with E-state index in [2.05, 4.69) is 9.97 Å². The van der Waals surface area contributed by atoms with Crippen LogP contribution in [0.3, 0.4) is 0 Å². The molecule has 0 amide bonds. The summed E-state index contributed by atoms with van der Waals surface area (Å²) in [6, 6.07) is 15.7. The van der Waals surface area contributed by atoms with E-state index in [1.165, 1.54) is 49.2 Å². The molecule has 43 heavy (non-hydrogen) atoms. The number of rotatable bonds is 8. The Morgan fingerprint density at radius 3 is 2.44 bits per heavy atom. The molecule has 2 aromatic carbocycles. The van der Waals surface area contributed by atoms with E-state index in [0.29, 0.717) is 75.8 Å². The number of hydrogen-bond acceptors (Lipinski definition) is 8. The number of ether oxygens (including phenoxy) is 3. The largest absolute Gasteiger partial charge is 0.491 e. The van der Waals surface area contributed by atoms with Crippen LogP contribution in [0.2, 0.25) is 0 Å². The van der Waals surface area contributed by atoms with Gasteiger partial charge < -0.3 is 14.2 Å². The van der Waals surface area contributed by atoms with Crippen molar-refractivity contribution in [3.8, 4) is 28.8 Å². The third-order valence-electron chi connectivity index (χ3n) is 7.37. The predicted molar refractivity (Wildman–Crippen MR) is 156 cm³/mol. The number of pyridine rings is 3. The summed E-state index contributed by atoms with van der Waals surface area (Å²) in [5.74, 6) is 0.724. The number of aromatic nitrogens is 3. The van der Waals surface area contributed by atoms with Gasteiger partial charge in [0.2, 0.25) is 0 Å². The maximum Gasteiger partial charge on any atom is 0.266 e. The third-order valence-corrected chi connectivity index (χ3v) is 7.37. The van der Waals surface area contributed by atoms with E-state index in [1.54, 1.807) is 42.6 Å². The second kappa shape index (κ2) is 11.5. The Morgan fingerprint density at radius 2 is 1.72 bits per heavy atom. The molecule has 0 aliphatic heterocycles. The number of ketones is 2. The molecule has 10 heteroatoms. The molecule has 0 saturated heterocycles. The first-order chi connectivity index (χ1) is 20.9. The van der Waals surface area contributed by atoms with Gasteiger partial charge in [-0.25, -0.2) is 9.37 Å². The van der Waals surface area contributed by atoms with Gasteiger partial charge in [-0.1, -0.05) is 12.1 Å². The first kappa shape index (κ1) is 27.8. The summed E-state index contributed by atoms with van der Waals surface area (Å²) in [5, 5.41) is 0. The van der Waals surface area contributed by atoms with E-state index in [4.69, 9.17) is 14.2 Å². The van der Waals surface area contributed by atoms with Crippen molar-refractivity contribution in [2.24, 2.45) is 0 Å². The summed E-state index contributed by atoms with van der Waals surface area (Å²) >= 11 is 0. The Bertz CT molecular complexity index is 1930. The van der Waals surface area contributed by atoms with E-state index >= 15 is 0 Å². The molecule has 3 aromatic heterocycles. The summed E-state index contributed by atoms with van der Waals surface area (Å²) in [5.41, 5.74) is 2.38. The van der Waals surface area contributed by atoms with Gasteiger partial charge in [0, 0.05) is 48.6 Å². The van der Waals surface area contributed by atoms with Gasteiger partial charge in [-0.15, -0.1) is 0 Å². The van der Waals surface area contributed by atoms with Crippen molar-refractivity contribution in [2.45, 2.75) is 25.7 Å². The number of nitrogens with zero attached hydrogens (tertiary/aromatic N) is 3. The molecule has 216 valence electrons. The topological polar surface area (TPSA) is 110 Å². The lowest BCUT2D eigenvalue weighted by atomic mass is 9.86. The fraction of sp³-hybridized carbons (Fsp3) is 0.182. The Labute approximate surface area is 245 Å². The third kappa shape index (κ3) is 5.34. The maximum atomic E-state index is 13.6. The van der Waals surface area contributed by atoms with E-state index in [1.807, 2.05) is 0 Å². The summed E-state index contributed by atoms with van der Waals surface area (Å²) in [6.07, 6.45) is 4.38. The molecular formula is C33H26FN3O6. The molecule has 0 bridgehead atoms. The minimum absolute atomic E-state index is 0.00564. The van der Waals surface area contributed by atoms with Crippen molar-refractivity contribution < 1.29 is 28.2 Å². The fourth-order valence-electron chi connectivity index (χ4n) is 5.25. The van der Waals surface area contributed by atoms with Crippen LogP contribution in [0.15, 0.2) is 77.9 Å². The van der Waals surface area contributed by atoms with Crippen LogP contribution in [-0.4, -0.2) is 40.3 Å². The second-order valence-electron chi connectivity index (χ2n) is 10.0. The summed E-state index contributed by atoms with van der Waals surface area (Å²) in [7, 11) is 3.01. The first-order valence-electron chi connectivity index (χ1n) is 13.6. The van der Waals surface area contributed by atoms with Gasteiger partial charge in [-0.2, -0.15) is 0 Å². The molecule has 1 aliphatic carbocycles. The molecule has 0 saturated carbocycles. The lowest BCUT2D eigenvalue weighted by Gasteiger charge is -2.20. The zero-order valence-electron chi connectivity index (χ0n) is 23.4. The van der Waals surface area contributed by atoms with Gasteiger partial charge in [-0.05, 0) is 60.4 Å². The molecule has 0 spiro atoms. The van der Waals surface area contributed by atoms with Crippen LogP contribution in [-0.2, 0) is 12.8 Å². The summed E-state index contributed by atoms with van der Waals surface area (Å²) < 4.78 is 31.5. The number of Topliss-reactive ketones (excluding diaryl/α,β-unsaturated/α-hetero) is 2. The Morgan fingerprint density at radius 1 is 0.953 bits per heavy atom. The maximum absolute atomic E-state index is 13.6. The monoisotopic (exact) mass is 579 g/mol. The van der Waals surface area contributed by atoms with Crippen molar-refractivity contribution in [1.29, 1.82) is 0 Å². The van der Waals surface area contributed by atoms with E-state index < -0.39 is 17.2 Å². The normalized spacial score (nSPS) is 12.6. The highest BCUT2D eigenvalue weighted by Gasteiger charge is 2.27. The van der Waals surface area contributed by atoms with Gasteiger partial charge in [0.25, 0.3) is 11.4 Å². The number of carbonyl (C=O) groups excluding carboxylic acids is 2. The number of methoxy groups -OCH3 is 2. The molecule has 0 atom stereocenters. The highest BCUT2D eigenvalue weighted by molar-refractivity contribution is 6.04. The lowest BCUT2D eigenvalue weighted by molar-refractivity contribution is 0.0970. The minimum atomic E-state index is -0.533. The number of benzene rings is 2. The van der Waals surface area contributed by atoms with E-state index in [-0.39, 0.29) is 17.8 Å². The van der Waals surface area contributed by atoms with Crippen LogP contribution in [0.5, 0.6) is 23.1 Å². The SMILES string of the molecule is COc1cc2nccc(Oc3ccc(CC(=O)c4c5c(cn(-c6ccc(F)cc6)c4=O)C(=O)CCC5)cc3)c2nc1OC. The lowest BCUT2D eigenvalue weighted by Crippen LogP contribution is -2.31. The fourth-order valence-corrected chi connectivity index (χ4v) is 5.25. The van der Waals surface area contributed by atoms with E-state index in [9.17, 15) is 18.8 Å². The van der Waals surface area contributed by atoms with Crippen molar-refractivity contribution in [3.63, 3.8) is 0 Å². The van der Waals surface area contributed by atoms with Crippen LogP contribution in [0.1, 0.15) is 44.7 Å². The second-order valence-corrected chi connectivity index (χ2v) is 10.0. The summed E-state index contributed by atoms with van der Waals surface area (Å²) in [6.45, 7) is 0. The molecule has 1 aliphatic rings. The van der Waals surface area contributed by atoms with Crippen molar-refractivity contribution >= 4 is 22.6 Å². The highest BCUT2D eigenvalue weighted by atomic mass is 19.1. The minimum Gasteiger partial charge on any atom is -0.491 e. The zero-order chi connectivity index (χ0) is 30.1. The molecule has 9 nitrogen and oxygen atoms in total. The Hall–Kier alpha value is -5.38. The highest BCUT2D eigenvalue weighted by Crippen LogP contribution is 2.34. The Kier molecular flexibility index (Phi) is 7.41. The quantitative estimate of drug-likeness (QED) is 0.216. The molecule has 0 N–H and O–H groups in total. The molecular weight excluding hydrogens is 553 g/mol. The summed E-state index contributed by atoms with van der Waals surface area (Å²) in [4.78, 5) is 48.8. The smallest absolute Gasteiger partial charge is 0.266 e. The van der Waals surface area contributed by atoms with Crippen molar-refractivity contribution in [2.75, 3.05) is 14.2 Å². The van der Waals surface area contributed by atoms with Gasteiger partial charge in [0.05, 0.1) is 25.3 Å². The van der Waals surface area contributed by atoms with Gasteiger partial charge in [0.1, 0.15) is 17.1 Å². The molecule has 0 radical (unpaired) electrons. The van der Waals surface area contributed by atoms with Gasteiger partial charge in [0.15, 0.2) is 23.1 Å². The number of hydrogen-bond donors (Lipinski definition) is 0. The molecule has 5 aromatic rings. The van der Waals surface area contributed by atoms with Crippen LogP contribution >= 0.6 is 0 Å². The van der Waals surface area contributed by atoms with Crippen LogP contribution in [0, 0.1) is 5.82 Å². The van der Waals surface area contributed by atoms with Gasteiger partial charge in [-0.3, -0.25) is 23.9 Å². The standard InChI is InChI=1S/C33H26FN3O6/c1-41-29-17-25-31(36-32(29)42-2)28(14-15-35-25)43-22-12-6-19(7-13-22)16-27(39)30-23-4-3-5-26(38)24(23)18-37(33(30)40)21-10-8-20(34)9-11-21/h6-15,17-18H,3-5,16H2,1-2H3. The van der Waals surface area contributed by atoms with Crippen LogP contribution in [0.4, 0.5) is 4.39 Å². The number of fused-ring (bicyclic) bond motifs is 2. The predicted octanol–water partition coefficient (Wildman–Crippen LogP) is 5.67. The van der Waals surface area contributed by atoms with E-state index in [0.717, 1.165) is 0 Å². The molecule has 0 fully saturated rings. The van der Waals surface area contributed by atoms with Crippen LogP contribution in [0.25, 0.3) is 16.7 Å². The molecule has 0 unspecified atom stereocenters. The van der Waals surface area contributed by atoms with Crippen LogP contribution < -0.4 is 19.8 Å². The average molecular weight is 580 g/mol. The zero-order valence-corrected chi connectivity index (χ0v) is 23.4. The molecule has 3 heterocycles. The van der Waals surface area contributed by atoms with Gasteiger partial charge >= 0.3 is 0 Å². The number of carbonyl (C=O) groups is 2. The number of halogens is 1. The van der Waals surface area contributed by atoms with Crippen molar-refractivity contribution in [3.05, 3.63) is 111 Å². The Balaban J connectivity index is 1.29. The van der Waals surface area contributed by atoms with Crippen molar-refractivity contribution in [1.82, 2.24) is 14.5 Å². The average Bonchev–Trinajstić information content (AvgIpc) is 3.02. The first-order valence-corrected chi connectivity index (χ1v) is 13.6.